The molecule has 2 aromatic carbocycles. The molecule has 1 heterocycles. The molecule has 2 amide bonds. The van der Waals surface area contributed by atoms with Crippen molar-refractivity contribution in [1.29, 1.82) is 0 Å². The number of hydrogen-bond acceptors (Lipinski definition) is 3. The van der Waals surface area contributed by atoms with Crippen molar-refractivity contribution in [3.05, 3.63) is 65.5 Å². The Morgan fingerprint density at radius 3 is 2.76 bits per heavy atom. The van der Waals surface area contributed by atoms with Gasteiger partial charge in [-0.3, -0.25) is 14.5 Å². The Labute approximate surface area is 145 Å². The molecule has 25 heavy (non-hydrogen) atoms. The number of rotatable bonds is 4. The number of amides is 2. The number of aliphatic hydroxyl groups excluding tert-OH is 1. The van der Waals surface area contributed by atoms with Gasteiger partial charge >= 0.3 is 0 Å². The number of anilines is 1. The molecule has 1 aliphatic rings. The lowest BCUT2D eigenvalue weighted by molar-refractivity contribution is -0.125. The van der Waals surface area contributed by atoms with Crippen LogP contribution >= 0.6 is 0 Å². The number of halogens is 1. The second-order valence-electron chi connectivity index (χ2n) is 6.05. The van der Waals surface area contributed by atoms with Crippen molar-refractivity contribution in [3.63, 3.8) is 0 Å². The van der Waals surface area contributed by atoms with Crippen LogP contribution in [0.25, 0.3) is 0 Å². The fourth-order valence-electron chi connectivity index (χ4n) is 3.13. The molecular weight excluding hydrogens is 323 g/mol. The summed E-state index contributed by atoms with van der Waals surface area (Å²) in [4.78, 5) is 26.0. The fourth-order valence-corrected chi connectivity index (χ4v) is 3.13. The molecule has 0 saturated heterocycles. The van der Waals surface area contributed by atoms with Gasteiger partial charge in [-0.1, -0.05) is 30.3 Å². The van der Waals surface area contributed by atoms with Crippen LogP contribution in [0, 0.1) is 5.82 Å². The third-order valence-corrected chi connectivity index (χ3v) is 4.32. The Bertz CT molecular complexity index is 809. The smallest absolute Gasteiger partial charge is 0.243 e. The lowest BCUT2D eigenvalue weighted by atomic mass is 10.1. The molecule has 6 heteroatoms. The molecular formula is C19H19FN2O3. The highest BCUT2D eigenvalue weighted by atomic mass is 19.1. The third-order valence-electron chi connectivity index (χ3n) is 4.32. The van der Waals surface area contributed by atoms with Gasteiger partial charge in [-0.25, -0.2) is 4.39 Å². The molecule has 0 saturated carbocycles. The highest BCUT2D eigenvalue weighted by molar-refractivity contribution is 6.02. The van der Waals surface area contributed by atoms with Crippen LogP contribution in [-0.2, 0) is 16.0 Å². The van der Waals surface area contributed by atoms with Crippen LogP contribution < -0.4 is 10.2 Å². The summed E-state index contributed by atoms with van der Waals surface area (Å²) < 4.78 is 13.2. The van der Waals surface area contributed by atoms with Crippen LogP contribution in [0.1, 0.15) is 24.2 Å². The number of nitrogens with one attached hydrogen (secondary N) is 1. The largest absolute Gasteiger partial charge is 0.387 e. The molecule has 0 aliphatic carbocycles. The Morgan fingerprint density at radius 2 is 2.04 bits per heavy atom. The summed E-state index contributed by atoms with van der Waals surface area (Å²) in [6, 6.07) is 12.3. The molecule has 0 bridgehead atoms. The highest BCUT2D eigenvalue weighted by Crippen LogP contribution is 2.32. The summed E-state index contributed by atoms with van der Waals surface area (Å²) >= 11 is 0. The molecule has 3 rings (SSSR count). The first kappa shape index (κ1) is 17.1. The topological polar surface area (TPSA) is 69.6 Å². The van der Waals surface area contributed by atoms with E-state index in [0.717, 1.165) is 11.3 Å². The summed E-state index contributed by atoms with van der Waals surface area (Å²) in [6.45, 7) is 1.37. The zero-order valence-electron chi connectivity index (χ0n) is 13.8. The van der Waals surface area contributed by atoms with Crippen molar-refractivity contribution in [2.75, 3.05) is 11.4 Å². The average molecular weight is 342 g/mol. The molecule has 2 N–H and O–H groups in total. The molecule has 0 fully saturated rings. The van der Waals surface area contributed by atoms with Crippen molar-refractivity contribution in [3.8, 4) is 0 Å². The van der Waals surface area contributed by atoms with Gasteiger partial charge in [0.1, 0.15) is 11.9 Å². The maximum absolute atomic E-state index is 13.2. The maximum atomic E-state index is 13.2. The number of carbonyl (C=O) groups is 2. The van der Waals surface area contributed by atoms with E-state index in [2.05, 4.69) is 5.32 Å². The van der Waals surface area contributed by atoms with E-state index < -0.39 is 18.0 Å². The van der Waals surface area contributed by atoms with E-state index in [1.54, 1.807) is 6.07 Å². The van der Waals surface area contributed by atoms with Gasteiger partial charge in [0, 0.05) is 25.6 Å². The van der Waals surface area contributed by atoms with Crippen molar-refractivity contribution < 1.29 is 19.1 Å². The maximum Gasteiger partial charge on any atom is 0.243 e. The zero-order chi connectivity index (χ0) is 18.0. The molecule has 2 atom stereocenters. The van der Waals surface area contributed by atoms with E-state index >= 15 is 0 Å². The number of carbonyl (C=O) groups excluding carboxylic acids is 2. The van der Waals surface area contributed by atoms with Crippen LogP contribution in [0.5, 0.6) is 0 Å². The number of benzene rings is 2. The predicted octanol–water partition coefficient (Wildman–Crippen LogP) is 1.95. The molecule has 0 radical (unpaired) electrons. The number of hydrogen-bond donors (Lipinski definition) is 2. The van der Waals surface area contributed by atoms with E-state index in [0.29, 0.717) is 12.0 Å². The Morgan fingerprint density at radius 1 is 1.28 bits per heavy atom. The first-order valence-electron chi connectivity index (χ1n) is 8.06. The van der Waals surface area contributed by atoms with E-state index in [1.165, 1.54) is 30.0 Å². The standard InChI is InChI=1S/C19H19FN2O3/c1-12(23)22-16-8-3-2-5-13(16)10-17(22)19(25)21-11-18(24)14-6-4-7-15(20)9-14/h2-9,17-18,24H,10-11H2,1H3,(H,21,25)/t17-,18-/m0/s1. The fraction of sp³-hybridized carbons (Fsp3) is 0.263. The molecule has 0 spiro atoms. The van der Waals surface area contributed by atoms with Gasteiger partial charge in [-0.05, 0) is 29.3 Å². The minimum atomic E-state index is -1.02. The van der Waals surface area contributed by atoms with Crippen LogP contribution in [0.4, 0.5) is 10.1 Å². The van der Waals surface area contributed by atoms with Crippen molar-refractivity contribution in [1.82, 2.24) is 5.32 Å². The van der Waals surface area contributed by atoms with Gasteiger partial charge < -0.3 is 10.4 Å². The normalized spacial score (nSPS) is 17.1. The summed E-state index contributed by atoms with van der Waals surface area (Å²) in [5, 5.41) is 12.8. The third kappa shape index (κ3) is 3.53. The monoisotopic (exact) mass is 342 g/mol. The van der Waals surface area contributed by atoms with E-state index in [1.807, 2.05) is 24.3 Å². The van der Waals surface area contributed by atoms with Gasteiger partial charge in [0.05, 0.1) is 6.10 Å². The summed E-state index contributed by atoms with van der Waals surface area (Å²) in [7, 11) is 0. The van der Waals surface area contributed by atoms with Crippen LogP contribution in [-0.4, -0.2) is 29.5 Å². The second kappa shape index (κ2) is 7.03. The Kier molecular flexibility index (Phi) is 4.81. The van der Waals surface area contributed by atoms with Gasteiger partial charge in [0.15, 0.2) is 0 Å². The Balaban J connectivity index is 1.68. The molecule has 1 aliphatic heterocycles. The quantitative estimate of drug-likeness (QED) is 0.892. The van der Waals surface area contributed by atoms with Crippen molar-refractivity contribution in [2.24, 2.45) is 0 Å². The van der Waals surface area contributed by atoms with Crippen LogP contribution in [0.3, 0.4) is 0 Å². The predicted molar refractivity (Wildman–Crippen MR) is 91.5 cm³/mol. The van der Waals surface area contributed by atoms with Crippen LogP contribution in [0.15, 0.2) is 48.5 Å². The summed E-state index contributed by atoms with van der Waals surface area (Å²) in [5.74, 6) is -1.01. The second-order valence-corrected chi connectivity index (χ2v) is 6.05. The van der Waals surface area contributed by atoms with E-state index in [4.69, 9.17) is 0 Å². The van der Waals surface area contributed by atoms with Gasteiger partial charge in [-0.15, -0.1) is 0 Å². The molecule has 0 aromatic heterocycles. The number of nitrogens with zero attached hydrogens (tertiary/aromatic N) is 1. The van der Waals surface area contributed by atoms with Crippen LogP contribution in [0.2, 0.25) is 0 Å². The SMILES string of the molecule is CC(=O)N1c2ccccc2C[C@H]1C(=O)NC[C@H](O)c1cccc(F)c1. The average Bonchev–Trinajstić information content (AvgIpc) is 2.99. The summed E-state index contributed by atoms with van der Waals surface area (Å²) in [6.07, 6.45) is -0.591. The Hall–Kier alpha value is -2.73. The number of para-hydroxylation sites is 1. The molecule has 130 valence electrons. The van der Waals surface area contributed by atoms with Crippen molar-refractivity contribution >= 4 is 17.5 Å². The van der Waals surface area contributed by atoms with E-state index in [-0.39, 0.29) is 18.4 Å². The number of fused-ring (bicyclic) bond motifs is 1. The molecule has 5 nitrogen and oxygen atoms in total. The first-order chi connectivity index (χ1) is 12.0. The van der Waals surface area contributed by atoms with Crippen molar-refractivity contribution in [2.45, 2.75) is 25.5 Å². The van der Waals surface area contributed by atoms with Gasteiger partial charge in [0.25, 0.3) is 0 Å². The zero-order valence-corrected chi connectivity index (χ0v) is 13.8. The minimum absolute atomic E-state index is 0.0547. The summed E-state index contributed by atoms with van der Waals surface area (Å²) in [5.41, 5.74) is 2.06. The van der Waals surface area contributed by atoms with E-state index in [9.17, 15) is 19.1 Å². The minimum Gasteiger partial charge on any atom is -0.387 e. The highest BCUT2D eigenvalue weighted by Gasteiger charge is 2.36. The molecule has 0 unspecified atom stereocenters. The lowest BCUT2D eigenvalue weighted by Crippen LogP contribution is -2.48. The number of aliphatic hydroxyl groups is 1. The first-order valence-corrected chi connectivity index (χ1v) is 8.06. The lowest BCUT2D eigenvalue weighted by Gasteiger charge is -2.24. The van der Waals surface area contributed by atoms with Gasteiger partial charge in [-0.2, -0.15) is 0 Å². The molecule has 2 aromatic rings. The van der Waals surface area contributed by atoms with Gasteiger partial charge in [0.2, 0.25) is 11.8 Å².